The summed E-state index contributed by atoms with van der Waals surface area (Å²) >= 11 is 1.29. The van der Waals surface area contributed by atoms with Gasteiger partial charge in [-0.1, -0.05) is 37.3 Å². The molecule has 5 rings (SSSR count). The van der Waals surface area contributed by atoms with Gasteiger partial charge in [-0.05, 0) is 85.7 Å². The van der Waals surface area contributed by atoms with Crippen LogP contribution in [-0.2, 0) is 27.2 Å². The average molecular weight is 628 g/mol. The Morgan fingerprint density at radius 3 is 2.49 bits per heavy atom. The van der Waals surface area contributed by atoms with Gasteiger partial charge in [0.2, 0.25) is 0 Å². The molecule has 0 bridgehead atoms. The summed E-state index contributed by atoms with van der Waals surface area (Å²) < 4.78 is 16.4. The number of fused-ring (bicyclic) bond motifs is 2. The first-order valence-corrected chi connectivity index (χ1v) is 15.5. The van der Waals surface area contributed by atoms with Crippen molar-refractivity contribution in [1.82, 2.24) is 5.43 Å². The lowest BCUT2D eigenvalue weighted by Gasteiger charge is -2.18. The number of hydrogen-bond donors (Lipinski definition) is 2. The molecule has 2 amide bonds. The van der Waals surface area contributed by atoms with Gasteiger partial charge in [0.05, 0.1) is 30.6 Å². The number of carbonyl (C=O) groups excluding carboxylic acids is 4. The Bertz CT molecular complexity index is 1780. The molecule has 0 radical (unpaired) electrons. The van der Waals surface area contributed by atoms with Gasteiger partial charge in [-0.25, -0.2) is 15.0 Å². The molecule has 0 aliphatic heterocycles. The Morgan fingerprint density at radius 2 is 1.73 bits per heavy atom. The van der Waals surface area contributed by atoms with Crippen molar-refractivity contribution in [3.63, 3.8) is 0 Å². The number of amides is 2. The highest BCUT2D eigenvalue weighted by atomic mass is 32.1. The molecule has 0 fully saturated rings. The van der Waals surface area contributed by atoms with Gasteiger partial charge in [0.1, 0.15) is 16.5 Å². The molecule has 232 valence electrons. The fourth-order valence-electron chi connectivity index (χ4n) is 5.13. The van der Waals surface area contributed by atoms with Crippen molar-refractivity contribution in [3.05, 3.63) is 87.8 Å². The van der Waals surface area contributed by atoms with Crippen LogP contribution < -0.4 is 20.2 Å². The van der Waals surface area contributed by atoms with Crippen molar-refractivity contribution in [1.29, 1.82) is 0 Å². The smallest absolute Gasteiger partial charge is 0.343 e. The van der Waals surface area contributed by atoms with E-state index in [2.05, 4.69) is 22.8 Å². The third-order valence-corrected chi connectivity index (χ3v) is 8.49. The van der Waals surface area contributed by atoms with Crippen molar-refractivity contribution in [3.8, 4) is 11.5 Å². The number of nitrogens with zero attached hydrogens (tertiary/aromatic N) is 1. The molecule has 1 aliphatic carbocycles. The zero-order chi connectivity index (χ0) is 31.9. The lowest BCUT2D eigenvalue weighted by atomic mass is 9.88. The molecular formula is C34H33N3O7S. The van der Waals surface area contributed by atoms with E-state index < -0.39 is 23.8 Å². The highest BCUT2D eigenvalue weighted by Gasteiger charge is 2.30. The molecule has 1 unspecified atom stereocenters. The topological polar surface area (TPSA) is 132 Å². The Labute approximate surface area is 264 Å². The summed E-state index contributed by atoms with van der Waals surface area (Å²) in [5.74, 6) is -1.83. The highest BCUT2D eigenvalue weighted by Crippen LogP contribution is 2.40. The molecular weight excluding hydrogens is 594 g/mol. The summed E-state index contributed by atoms with van der Waals surface area (Å²) in [5.41, 5.74) is 4.17. The van der Waals surface area contributed by atoms with Crippen molar-refractivity contribution in [2.24, 2.45) is 11.0 Å². The third-order valence-electron chi connectivity index (χ3n) is 7.32. The molecule has 4 aromatic rings. The molecule has 11 heteroatoms. The van der Waals surface area contributed by atoms with Crippen LogP contribution in [0.25, 0.3) is 10.8 Å². The van der Waals surface area contributed by atoms with Crippen LogP contribution in [0.5, 0.6) is 11.5 Å². The van der Waals surface area contributed by atoms with E-state index in [0.717, 1.165) is 34.1 Å². The quantitative estimate of drug-likeness (QED) is 0.0775. The first kappa shape index (κ1) is 31.4. The van der Waals surface area contributed by atoms with E-state index in [1.165, 1.54) is 17.6 Å². The van der Waals surface area contributed by atoms with Gasteiger partial charge >= 0.3 is 23.8 Å². The monoisotopic (exact) mass is 627 g/mol. The van der Waals surface area contributed by atoms with Gasteiger partial charge in [-0.3, -0.25) is 9.59 Å². The van der Waals surface area contributed by atoms with Gasteiger partial charge in [-0.15, -0.1) is 11.3 Å². The first-order chi connectivity index (χ1) is 21.8. The number of anilines is 1. The SMILES string of the molecule is CCOC(=O)c1c(NC(=O)C(=O)NN=Cc2c(OC(=O)c3ccc(OCC)cc3)ccc3ccccc23)sc2c1CCC(C)C2. The first-order valence-electron chi connectivity index (χ1n) is 14.7. The summed E-state index contributed by atoms with van der Waals surface area (Å²) in [6.07, 6.45) is 3.73. The fourth-order valence-corrected chi connectivity index (χ4v) is 6.53. The van der Waals surface area contributed by atoms with Gasteiger partial charge in [-0.2, -0.15) is 5.10 Å². The van der Waals surface area contributed by atoms with E-state index in [4.69, 9.17) is 14.2 Å². The second-order valence-electron chi connectivity index (χ2n) is 10.5. The second kappa shape index (κ2) is 14.2. The van der Waals surface area contributed by atoms with Crippen molar-refractivity contribution in [2.45, 2.75) is 40.0 Å². The number of esters is 2. The Kier molecular flexibility index (Phi) is 9.89. The molecule has 2 N–H and O–H groups in total. The van der Waals surface area contributed by atoms with Crippen LogP contribution in [0.3, 0.4) is 0 Å². The van der Waals surface area contributed by atoms with E-state index in [1.807, 2.05) is 37.3 Å². The van der Waals surface area contributed by atoms with E-state index >= 15 is 0 Å². The highest BCUT2D eigenvalue weighted by molar-refractivity contribution is 7.17. The molecule has 1 aromatic heterocycles. The Hall–Kier alpha value is -5.03. The second-order valence-corrected chi connectivity index (χ2v) is 11.6. The van der Waals surface area contributed by atoms with Crippen LogP contribution >= 0.6 is 11.3 Å². The van der Waals surface area contributed by atoms with E-state index in [0.29, 0.717) is 41.4 Å². The van der Waals surface area contributed by atoms with Crippen LogP contribution in [0.1, 0.15) is 63.9 Å². The molecule has 0 spiro atoms. The predicted molar refractivity (Wildman–Crippen MR) is 172 cm³/mol. The Morgan fingerprint density at radius 1 is 0.956 bits per heavy atom. The molecule has 10 nitrogen and oxygen atoms in total. The Balaban J connectivity index is 1.33. The number of rotatable bonds is 9. The van der Waals surface area contributed by atoms with Gasteiger partial charge in [0, 0.05) is 10.4 Å². The minimum atomic E-state index is -1.03. The number of ether oxygens (including phenoxy) is 3. The standard InChI is InChI=1S/C34H33N3O7S/c1-4-42-23-14-11-22(12-15-23)33(40)44-27-17-13-21-8-6-7-9-24(21)26(27)19-35-37-31(39)30(38)36-32-29(34(41)43-5-2)25-16-10-20(3)18-28(25)45-32/h6-9,11-15,17,19-20H,4-5,10,16,18H2,1-3H3,(H,36,38)(H,37,39). The zero-order valence-corrected chi connectivity index (χ0v) is 26.0. The number of hydrogen-bond acceptors (Lipinski definition) is 9. The summed E-state index contributed by atoms with van der Waals surface area (Å²) in [7, 11) is 0. The predicted octanol–water partition coefficient (Wildman–Crippen LogP) is 5.91. The minimum absolute atomic E-state index is 0.189. The van der Waals surface area contributed by atoms with Crippen molar-refractivity contribution in [2.75, 3.05) is 18.5 Å². The zero-order valence-electron chi connectivity index (χ0n) is 25.2. The van der Waals surface area contributed by atoms with Crippen LogP contribution in [0, 0.1) is 5.92 Å². The summed E-state index contributed by atoms with van der Waals surface area (Å²) in [5, 5.41) is 8.45. The maximum Gasteiger partial charge on any atom is 0.343 e. The van der Waals surface area contributed by atoms with Gasteiger partial charge in [0.25, 0.3) is 0 Å². The van der Waals surface area contributed by atoms with Crippen LogP contribution in [-0.4, -0.2) is 43.2 Å². The number of thiophene rings is 1. The summed E-state index contributed by atoms with van der Waals surface area (Å²) in [6, 6.07) is 17.5. The normalized spacial score (nSPS) is 14.1. The molecule has 1 heterocycles. The van der Waals surface area contributed by atoms with Gasteiger partial charge < -0.3 is 19.5 Å². The molecule has 45 heavy (non-hydrogen) atoms. The molecule has 1 aliphatic rings. The lowest BCUT2D eigenvalue weighted by Crippen LogP contribution is -2.32. The number of carbonyl (C=O) groups is 4. The average Bonchev–Trinajstić information content (AvgIpc) is 3.39. The van der Waals surface area contributed by atoms with Gasteiger partial charge in [0.15, 0.2) is 0 Å². The van der Waals surface area contributed by atoms with Crippen molar-refractivity contribution < 1.29 is 33.4 Å². The molecule has 3 aromatic carbocycles. The lowest BCUT2D eigenvalue weighted by molar-refractivity contribution is -0.136. The van der Waals surface area contributed by atoms with Crippen LogP contribution in [0.15, 0.2) is 65.8 Å². The van der Waals surface area contributed by atoms with Crippen LogP contribution in [0.2, 0.25) is 0 Å². The summed E-state index contributed by atoms with van der Waals surface area (Å²) in [4.78, 5) is 52.4. The fraction of sp³-hybridized carbons (Fsp3) is 0.265. The van der Waals surface area contributed by atoms with E-state index in [9.17, 15) is 19.2 Å². The minimum Gasteiger partial charge on any atom is -0.494 e. The van der Waals surface area contributed by atoms with E-state index in [-0.39, 0.29) is 17.4 Å². The van der Waals surface area contributed by atoms with Crippen LogP contribution in [0.4, 0.5) is 5.00 Å². The maximum absolute atomic E-state index is 13.0. The third kappa shape index (κ3) is 7.21. The number of hydrazone groups is 1. The summed E-state index contributed by atoms with van der Waals surface area (Å²) in [6.45, 7) is 6.42. The maximum atomic E-state index is 13.0. The molecule has 0 saturated heterocycles. The van der Waals surface area contributed by atoms with Crippen molar-refractivity contribution >= 4 is 57.1 Å². The molecule has 0 saturated carbocycles. The molecule has 1 atom stereocenters. The van der Waals surface area contributed by atoms with E-state index in [1.54, 1.807) is 37.3 Å². The number of benzene rings is 3. The number of nitrogens with one attached hydrogen (secondary N) is 2. The largest absolute Gasteiger partial charge is 0.494 e.